The van der Waals surface area contributed by atoms with Crippen molar-refractivity contribution in [3.05, 3.63) is 20.8 Å². The fourth-order valence-corrected chi connectivity index (χ4v) is 3.36. The molecule has 0 aliphatic carbocycles. The second-order valence-corrected chi connectivity index (χ2v) is 6.44. The molecule has 94 valence electrons. The zero-order valence-corrected chi connectivity index (χ0v) is 11.7. The van der Waals surface area contributed by atoms with Gasteiger partial charge in [-0.1, -0.05) is 0 Å². The third-order valence-corrected chi connectivity index (χ3v) is 4.52. The van der Waals surface area contributed by atoms with Crippen molar-refractivity contribution in [3.63, 3.8) is 0 Å². The van der Waals surface area contributed by atoms with Gasteiger partial charge in [-0.25, -0.2) is 0 Å². The molecule has 2 rings (SSSR count). The number of ether oxygens (including phenoxy) is 1. The van der Waals surface area contributed by atoms with Crippen LogP contribution in [0.3, 0.4) is 0 Å². The van der Waals surface area contributed by atoms with Crippen molar-refractivity contribution in [1.29, 1.82) is 0 Å². The van der Waals surface area contributed by atoms with Gasteiger partial charge in [-0.3, -0.25) is 9.69 Å². The van der Waals surface area contributed by atoms with Gasteiger partial charge in [0.1, 0.15) is 5.92 Å². The minimum atomic E-state index is -0.758. The van der Waals surface area contributed by atoms with Crippen LogP contribution in [-0.2, 0) is 9.53 Å². The maximum absolute atomic E-state index is 11.3. The SMILES string of the molecule is O=C(O)C(CN1CCOCC1)c1ccc(Br)s1. The Morgan fingerprint density at radius 3 is 2.76 bits per heavy atom. The van der Waals surface area contributed by atoms with E-state index < -0.39 is 11.9 Å². The lowest BCUT2D eigenvalue weighted by Gasteiger charge is -2.28. The zero-order valence-electron chi connectivity index (χ0n) is 9.26. The molecule has 0 spiro atoms. The quantitative estimate of drug-likeness (QED) is 0.922. The molecule has 1 saturated heterocycles. The summed E-state index contributed by atoms with van der Waals surface area (Å²) in [5.41, 5.74) is 0. The van der Waals surface area contributed by atoms with Crippen LogP contribution in [0, 0.1) is 0 Å². The molecule has 4 nitrogen and oxygen atoms in total. The normalized spacial score (nSPS) is 19.1. The molecular weight excluding hydrogens is 306 g/mol. The number of carbonyl (C=O) groups is 1. The van der Waals surface area contributed by atoms with E-state index in [9.17, 15) is 9.90 Å². The highest BCUT2D eigenvalue weighted by Crippen LogP contribution is 2.29. The summed E-state index contributed by atoms with van der Waals surface area (Å²) in [6.07, 6.45) is 0. The van der Waals surface area contributed by atoms with E-state index in [0.717, 1.165) is 21.8 Å². The van der Waals surface area contributed by atoms with Gasteiger partial charge in [-0.15, -0.1) is 11.3 Å². The molecule has 0 amide bonds. The highest BCUT2D eigenvalue weighted by atomic mass is 79.9. The first-order valence-electron chi connectivity index (χ1n) is 5.45. The summed E-state index contributed by atoms with van der Waals surface area (Å²) in [5, 5.41) is 9.30. The maximum atomic E-state index is 11.3. The summed E-state index contributed by atoms with van der Waals surface area (Å²) >= 11 is 4.86. The number of carboxylic acid groups (broad SMARTS) is 1. The van der Waals surface area contributed by atoms with Crippen LogP contribution in [0.15, 0.2) is 15.9 Å². The summed E-state index contributed by atoms with van der Waals surface area (Å²) in [6, 6.07) is 3.78. The summed E-state index contributed by atoms with van der Waals surface area (Å²) in [6.45, 7) is 3.58. The number of halogens is 1. The number of hydrogen-bond acceptors (Lipinski definition) is 4. The number of aliphatic carboxylic acids is 1. The van der Waals surface area contributed by atoms with E-state index in [4.69, 9.17) is 4.74 Å². The van der Waals surface area contributed by atoms with E-state index in [1.54, 1.807) is 0 Å². The molecule has 1 aliphatic heterocycles. The molecule has 1 aliphatic rings. The van der Waals surface area contributed by atoms with Crippen molar-refractivity contribution in [3.8, 4) is 0 Å². The summed E-state index contributed by atoms with van der Waals surface area (Å²) in [4.78, 5) is 14.4. The molecule has 0 aromatic carbocycles. The molecule has 1 N–H and O–H groups in total. The zero-order chi connectivity index (χ0) is 12.3. The fourth-order valence-electron chi connectivity index (χ4n) is 1.85. The van der Waals surface area contributed by atoms with E-state index >= 15 is 0 Å². The molecule has 1 atom stereocenters. The minimum absolute atomic E-state index is 0.440. The lowest BCUT2D eigenvalue weighted by molar-refractivity contribution is -0.139. The molecule has 1 aromatic heterocycles. The molecule has 0 saturated carbocycles. The van der Waals surface area contributed by atoms with Gasteiger partial charge in [0, 0.05) is 24.5 Å². The van der Waals surface area contributed by atoms with Gasteiger partial charge >= 0.3 is 5.97 Å². The standard InChI is InChI=1S/C11H14BrNO3S/c12-10-2-1-9(17-10)8(11(14)15)7-13-3-5-16-6-4-13/h1-2,8H,3-7H2,(H,14,15). The topological polar surface area (TPSA) is 49.8 Å². The van der Waals surface area contributed by atoms with E-state index in [1.807, 2.05) is 12.1 Å². The Balaban J connectivity index is 2.04. The van der Waals surface area contributed by atoms with Crippen LogP contribution < -0.4 is 0 Å². The first kappa shape index (κ1) is 13.0. The first-order chi connectivity index (χ1) is 8.16. The van der Waals surface area contributed by atoms with Gasteiger partial charge < -0.3 is 9.84 Å². The van der Waals surface area contributed by atoms with Crippen molar-refractivity contribution >= 4 is 33.2 Å². The fraction of sp³-hybridized carbons (Fsp3) is 0.545. The van der Waals surface area contributed by atoms with E-state index in [2.05, 4.69) is 20.8 Å². The van der Waals surface area contributed by atoms with Crippen LogP contribution in [0.2, 0.25) is 0 Å². The molecule has 0 bridgehead atoms. The van der Waals surface area contributed by atoms with Crippen LogP contribution in [0.25, 0.3) is 0 Å². The van der Waals surface area contributed by atoms with Crippen molar-refractivity contribution in [2.75, 3.05) is 32.8 Å². The molecule has 17 heavy (non-hydrogen) atoms. The van der Waals surface area contributed by atoms with Gasteiger partial charge in [-0.2, -0.15) is 0 Å². The number of rotatable bonds is 4. The van der Waals surface area contributed by atoms with Crippen molar-refractivity contribution in [1.82, 2.24) is 4.90 Å². The largest absolute Gasteiger partial charge is 0.481 e. The van der Waals surface area contributed by atoms with Crippen LogP contribution in [0.4, 0.5) is 0 Å². The summed E-state index contributed by atoms with van der Waals surface area (Å²) in [7, 11) is 0. The highest BCUT2D eigenvalue weighted by Gasteiger charge is 2.25. The van der Waals surface area contributed by atoms with Gasteiger partial charge in [0.2, 0.25) is 0 Å². The number of thiophene rings is 1. The number of carboxylic acids is 1. The van der Waals surface area contributed by atoms with Crippen molar-refractivity contribution in [2.45, 2.75) is 5.92 Å². The third-order valence-electron chi connectivity index (χ3n) is 2.78. The molecule has 0 radical (unpaired) electrons. The monoisotopic (exact) mass is 319 g/mol. The van der Waals surface area contributed by atoms with Gasteiger partial charge in [0.05, 0.1) is 17.0 Å². The highest BCUT2D eigenvalue weighted by molar-refractivity contribution is 9.11. The number of hydrogen-bond donors (Lipinski definition) is 1. The average molecular weight is 320 g/mol. The van der Waals surface area contributed by atoms with E-state index in [-0.39, 0.29) is 0 Å². The Hall–Kier alpha value is -0.430. The minimum Gasteiger partial charge on any atom is -0.481 e. The summed E-state index contributed by atoms with van der Waals surface area (Å²) < 4.78 is 6.23. The van der Waals surface area contributed by atoms with Gasteiger partial charge in [0.15, 0.2) is 0 Å². The molecule has 6 heteroatoms. The predicted molar refractivity (Wildman–Crippen MR) is 69.7 cm³/mol. The lowest BCUT2D eigenvalue weighted by atomic mass is 10.1. The predicted octanol–water partition coefficient (Wildman–Crippen LogP) is 2.01. The second-order valence-electron chi connectivity index (χ2n) is 3.95. The van der Waals surface area contributed by atoms with Crippen molar-refractivity contribution in [2.24, 2.45) is 0 Å². The molecule has 1 unspecified atom stereocenters. The molecule has 1 aromatic rings. The van der Waals surface area contributed by atoms with Crippen molar-refractivity contribution < 1.29 is 14.6 Å². The van der Waals surface area contributed by atoms with Crippen LogP contribution in [0.5, 0.6) is 0 Å². The van der Waals surface area contributed by atoms with Gasteiger partial charge in [-0.05, 0) is 28.1 Å². The Kier molecular flexibility index (Phi) is 4.55. The lowest BCUT2D eigenvalue weighted by Crippen LogP contribution is -2.40. The molecular formula is C11H14BrNO3S. The Morgan fingerprint density at radius 2 is 2.24 bits per heavy atom. The molecule has 2 heterocycles. The van der Waals surface area contributed by atoms with Crippen LogP contribution >= 0.6 is 27.3 Å². The van der Waals surface area contributed by atoms with Crippen LogP contribution in [0.1, 0.15) is 10.8 Å². The third kappa shape index (κ3) is 3.51. The summed E-state index contributed by atoms with van der Waals surface area (Å²) in [5.74, 6) is -1.20. The smallest absolute Gasteiger partial charge is 0.313 e. The van der Waals surface area contributed by atoms with E-state index in [0.29, 0.717) is 19.8 Å². The van der Waals surface area contributed by atoms with E-state index in [1.165, 1.54) is 11.3 Å². The number of morpholine rings is 1. The maximum Gasteiger partial charge on any atom is 0.313 e. The second kappa shape index (κ2) is 5.95. The van der Waals surface area contributed by atoms with Crippen LogP contribution in [-0.4, -0.2) is 48.8 Å². The van der Waals surface area contributed by atoms with Gasteiger partial charge in [0.25, 0.3) is 0 Å². The first-order valence-corrected chi connectivity index (χ1v) is 7.06. The number of nitrogens with zero attached hydrogens (tertiary/aromatic N) is 1. The average Bonchev–Trinajstić information content (AvgIpc) is 2.73. The Bertz CT molecular complexity index is 390. The Morgan fingerprint density at radius 1 is 1.53 bits per heavy atom. The molecule has 1 fully saturated rings. The Labute approximate surface area is 112 Å².